The first-order valence-corrected chi connectivity index (χ1v) is 9.21. The van der Waals surface area contributed by atoms with Gasteiger partial charge in [0.15, 0.2) is 11.5 Å². The summed E-state index contributed by atoms with van der Waals surface area (Å²) in [5, 5.41) is 3.47. The molecule has 0 saturated heterocycles. The number of benzene rings is 3. The molecule has 0 aliphatic heterocycles. The summed E-state index contributed by atoms with van der Waals surface area (Å²) in [6.07, 6.45) is 0. The first-order chi connectivity index (χ1) is 13.0. The van der Waals surface area contributed by atoms with Gasteiger partial charge in [-0.15, -0.1) is 0 Å². The van der Waals surface area contributed by atoms with Crippen molar-refractivity contribution in [2.75, 3.05) is 12.4 Å². The van der Waals surface area contributed by atoms with Crippen molar-refractivity contribution in [2.45, 2.75) is 33.9 Å². The third-order valence-electron chi connectivity index (χ3n) is 4.75. The lowest BCUT2D eigenvalue weighted by Crippen LogP contribution is -2.02. The van der Waals surface area contributed by atoms with Crippen molar-refractivity contribution >= 4 is 5.69 Å². The summed E-state index contributed by atoms with van der Waals surface area (Å²) >= 11 is 0. The molecule has 0 saturated carbocycles. The van der Waals surface area contributed by atoms with Gasteiger partial charge in [0.25, 0.3) is 0 Å². The summed E-state index contributed by atoms with van der Waals surface area (Å²) in [5.74, 6) is 1.51. The van der Waals surface area contributed by atoms with Gasteiger partial charge in [0.1, 0.15) is 6.61 Å². The molecule has 0 radical (unpaired) electrons. The minimum Gasteiger partial charge on any atom is -0.493 e. The number of rotatable bonds is 7. The molecule has 1 N–H and O–H groups in total. The van der Waals surface area contributed by atoms with Crippen molar-refractivity contribution in [3.05, 3.63) is 88.5 Å². The van der Waals surface area contributed by atoms with Gasteiger partial charge in [-0.3, -0.25) is 0 Å². The Morgan fingerprint density at radius 3 is 2.19 bits per heavy atom. The van der Waals surface area contributed by atoms with Gasteiger partial charge in [0.05, 0.1) is 7.11 Å². The summed E-state index contributed by atoms with van der Waals surface area (Å²) in [7, 11) is 1.68. The lowest BCUT2D eigenvalue weighted by atomic mass is 10.1. The lowest BCUT2D eigenvalue weighted by Gasteiger charge is -2.14. The molecule has 0 atom stereocenters. The van der Waals surface area contributed by atoms with Crippen LogP contribution in [0.3, 0.4) is 0 Å². The number of hydrogen-bond donors (Lipinski definition) is 1. The van der Waals surface area contributed by atoms with Crippen LogP contribution in [0.1, 0.15) is 27.8 Å². The quantitative estimate of drug-likeness (QED) is 0.576. The SMILES string of the molecule is COc1cc(CNc2ccc(C)c(C)c2)ccc1OCc1ccc(C)cc1. The van der Waals surface area contributed by atoms with Crippen LogP contribution in [-0.2, 0) is 13.2 Å². The molecule has 140 valence electrons. The summed E-state index contributed by atoms with van der Waals surface area (Å²) in [5.41, 5.74) is 7.25. The maximum absolute atomic E-state index is 5.96. The van der Waals surface area contributed by atoms with E-state index < -0.39 is 0 Å². The number of ether oxygens (including phenoxy) is 2. The molecule has 3 aromatic carbocycles. The highest BCUT2D eigenvalue weighted by atomic mass is 16.5. The van der Waals surface area contributed by atoms with Crippen LogP contribution in [0.15, 0.2) is 60.7 Å². The lowest BCUT2D eigenvalue weighted by molar-refractivity contribution is 0.284. The van der Waals surface area contributed by atoms with E-state index in [4.69, 9.17) is 9.47 Å². The molecule has 0 aromatic heterocycles. The summed E-state index contributed by atoms with van der Waals surface area (Å²) in [4.78, 5) is 0. The molecule has 0 aliphatic rings. The van der Waals surface area contributed by atoms with Crippen molar-refractivity contribution in [1.82, 2.24) is 0 Å². The minimum atomic E-state index is 0.525. The van der Waals surface area contributed by atoms with E-state index in [0.717, 1.165) is 34.9 Å². The Kier molecular flexibility index (Phi) is 6.02. The topological polar surface area (TPSA) is 30.5 Å². The van der Waals surface area contributed by atoms with E-state index in [0.29, 0.717) is 6.61 Å². The second kappa shape index (κ2) is 8.63. The van der Waals surface area contributed by atoms with Crippen LogP contribution < -0.4 is 14.8 Å². The van der Waals surface area contributed by atoms with E-state index in [1.165, 1.54) is 16.7 Å². The number of anilines is 1. The van der Waals surface area contributed by atoms with Crippen molar-refractivity contribution in [2.24, 2.45) is 0 Å². The Balaban J connectivity index is 1.64. The zero-order valence-corrected chi connectivity index (χ0v) is 16.5. The molecule has 3 nitrogen and oxygen atoms in total. The Hall–Kier alpha value is -2.94. The van der Waals surface area contributed by atoms with E-state index in [2.05, 4.69) is 74.6 Å². The number of nitrogens with one attached hydrogen (secondary N) is 1. The van der Waals surface area contributed by atoms with E-state index in [1.54, 1.807) is 7.11 Å². The molecular formula is C24H27NO2. The highest BCUT2D eigenvalue weighted by Gasteiger charge is 2.07. The number of methoxy groups -OCH3 is 1. The predicted molar refractivity (Wildman–Crippen MR) is 112 cm³/mol. The van der Waals surface area contributed by atoms with Crippen LogP contribution in [0.25, 0.3) is 0 Å². The zero-order chi connectivity index (χ0) is 19.2. The Bertz CT molecular complexity index is 901. The highest BCUT2D eigenvalue weighted by Crippen LogP contribution is 2.29. The van der Waals surface area contributed by atoms with Gasteiger partial charge in [0.2, 0.25) is 0 Å². The predicted octanol–water partition coefficient (Wildman–Crippen LogP) is 5.81. The standard InChI is InChI=1S/C24H27NO2/c1-17-5-8-20(9-6-17)16-27-23-12-10-21(14-24(23)26-4)15-25-22-11-7-18(2)19(3)13-22/h5-14,25H,15-16H2,1-4H3. The molecule has 27 heavy (non-hydrogen) atoms. The summed E-state index contributed by atoms with van der Waals surface area (Å²) < 4.78 is 11.5. The minimum absolute atomic E-state index is 0.525. The third kappa shape index (κ3) is 5.04. The molecule has 0 fully saturated rings. The van der Waals surface area contributed by atoms with Crippen molar-refractivity contribution < 1.29 is 9.47 Å². The molecule has 0 amide bonds. The summed E-state index contributed by atoms with van der Waals surface area (Å²) in [6, 6.07) is 20.9. The van der Waals surface area contributed by atoms with Gasteiger partial charge in [-0.1, -0.05) is 42.0 Å². The van der Waals surface area contributed by atoms with E-state index in [1.807, 2.05) is 12.1 Å². The maximum Gasteiger partial charge on any atom is 0.161 e. The van der Waals surface area contributed by atoms with Crippen LogP contribution >= 0.6 is 0 Å². The normalized spacial score (nSPS) is 10.5. The van der Waals surface area contributed by atoms with E-state index in [9.17, 15) is 0 Å². The number of hydrogen-bond acceptors (Lipinski definition) is 3. The van der Waals surface area contributed by atoms with Gasteiger partial charge < -0.3 is 14.8 Å². The number of aryl methyl sites for hydroxylation is 3. The smallest absolute Gasteiger partial charge is 0.161 e. The Labute approximate surface area is 162 Å². The zero-order valence-electron chi connectivity index (χ0n) is 16.5. The average molecular weight is 361 g/mol. The van der Waals surface area contributed by atoms with Crippen LogP contribution in [0.2, 0.25) is 0 Å². The molecule has 3 rings (SSSR count). The molecule has 0 bridgehead atoms. The monoisotopic (exact) mass is 361 g/mol. The second-order valence-corrected chi connectivity index (χ2v) is 6.91. The van der Waals surface area contributed by atoms with Gasteiger partial charge in [-0.25, -0.2) is 0 Å². The molecule has 0 spiro atoms. The maximum atomic E-state index is 5.96. The molecule has 0 aliphatic carbocycles. The Morgan fingerprint density at radius 2 is 1.48 bits per heavy atom. The Morgan fingerprint density at radius 1 is 0.741 bits per heavy atom. The fourth-order valence-corrected chi connectivity index (χ4v) is 2.84. The van der Waals surface area contributed by atoms with Crippen LogP contribution in [0.5, 0.6) is 11.5 Å². The fraction of sp³-hybridized carbons (Fsp3) is 0.250. The van der Waals surface area contributed by atoms with Crippen LogP contribution in [0, 0.1) is 20.8 Å². The molecular weight excluding hydrogens is 334 g/mol. The van der Waals surface area contributed by atoms with E-state index in [-0.39, 0.29) is 0 Å². The van der Waals surface area contributed by atoms with E-state index >= 15 is 0 Å². The molecule has 3 aromatic rings. The summed E-state index contributed by atoms with van der Waals surface area (Å²) in [6.45, 7) is 7.59. The van der Waals surface area contributed by atoms with Gasteiger partial charge in [-0.05, 0) is 67.3 Å². The van der Waals surface area contributed by atoms with Gasteiger partial charge in [0, 0.05) is 12.2 Å². The average Bonchev–Trinajstić information content (AvgIpc) is 2.68. The molecule has 0 unspecified atom stereocenters. The largest absolute Gasteiger partial charge is 0.493 e. The van der Waals surface area contributed by atoms with Gasteiger partial charge in [-0.2, -0.15) is 0 Å². The second-order valence-electron chi connectivity index (χ2n) is 6.91. The molecule has 0 heterocycles. The van der Waals surface area contributed by atoms with Crippen LogP contribution in [-0.4, -0.2) is 7.11 Å². The van der Waals surface area contributed by atoms with Crippen LogP contribution in [0.4, 0.5) is 5.69 Å². The van der Waals surface area contributed by atoms with Gasteiger partial charge >= 0.3 is 0 Å². The molecule has 3 heteroatoms. The van der Waals surface area contributed by atoms with Crippen molar-refractivity contribution in [1.29, 1.82) is 0 Å². The fourth-order valence-electron chi connectivity index (χ4n) is 2.84. The third-order valence-corrected chi connectivity index (χ3v) is 4.75. The highest BCUT2D eigenvalue weighted by molar-refractivity contribution is 5.49. The van der Waals surface area contributed by atoms with Crippen molar-refractivity contribution in [3.8, 4) is 11.5 Å². The first-order valence-electron chi connectivity index (χ1n) is 9.21. The van der Waals surface area contributed by atoms with Crippen molar-refractivity contribution in [3.63, 3.8) is 0 Å². The first kappa shape index (κ1) is 18.8.